The van der Waals surface area contributed by atoms with Crippen LogP contribution < -0.4 is 5.32 Å². The maximum absolute atomic E-state index is 12.2. The number of aromatic nitrogens is 2. The number of ketones is 1. The Kier molecular flexibility index (Phi) is 6.36. The highest BCUT2D eigenvalue weighted by molar-refractivity contribution is 5.97. The van der Waals surface area contributed by atoms with Crippen molar-refractivity contribution in [3.8, 4) is 0 Å². The molecule has 5 nitrogen and oxygen atoms in total. The first kappa shape index (κ1) is 18.8. The average Bonchev–Trinajstić information content (AvgIpc) is 3.12. The van der Waals surface area contributed by atoms with Crippen LogP contribution in [0.15, 0.2) is 48.5 Å². The Labute approximate surface area is 159 Å². The summed E-state index contributed by atoms with van der Waals surface area (Å²) in [4.78, 5) is 31.9. The van der Waals surface area contributed by atoms with Gasteiger partial charge < -0.3 is 10.3 Å². The van der Waals surface area contributed by atoms with Crippen LogP contribution in [0.5, 0.6) is 0 Å². The number of para-hydroxylation sites is 2. The van der Waals surface area contributed by atoms with E-state index in [1.807, 2.05) is 48.5 Å². The Bertz CT molecular complexity index is 880. The first-order chi connectivity index (χ1) is 13.2. The molecule has 0 aliphatic heterocycles. The molecular formula is C22H25N3O2. The normalized spacial score (nSPS) is 10.9. The van der Waals surface area contributed by atoms with Crippen molar-refractivity contribution in [3.05, 3.63) is 65.5 Å². The fourth-order valence-electron chi connectivity index (χ4n) is 2.99. The van der Waals surface area contributed by atoms with E-state index in [-0.39, 0.29) is 24.5 Å². The molecule has 0 saturated carbocycles. The lowest BCUT2D eigenvalue weighted by atomic mass is 10.0. The quantitative estimate of drug-likeness (QED) is 0.448. The number of nitrogens with zero attached hydrogens (tertiary/aromatic N) is 1. The second-order valence-corrected chi connectivity index (χ2v) is 6.63. The molecule has 1 aromatic heterocycles. The monoisotopic (exact) mass is 363 g/mol. The van der Waals surface area contributed by atoms with Gasteiger partial charge >= 0.3 is 0 Å². The molecule has 0 radical (unpaired) electrons. The van der Waals surface area contributed by atoms with Gasteiger partial charge in [-0.05, 0) is 30.5 Å². The third-order valence-corrected chi connectivity index (χ3v) is 4.61. The number of fused-ring (bicyclic) bond motifs is 1. The minimum Gasteiger partial charge on any atom is -0.356 e. The smallest absolute Gasteiger partial charge is 0.220 e. The molecule has 0 aliphatic rings. The van der Waals surface area contributed by atoms with E-state index in [9.17, 15) is 9.59 Å². The molecule has 3 rings (SSSR count). The van der Waals surface area contributed by atoms with Gasteiger partial charge in [0, 0.05) is 31.4 Å². The highest BCUT2D eigenvalue weighted by Crippen LogP contribution is 2.11. The fraction of sp³-hybridized carbons (Fsp3) is 0.318. The van der Waals surface area contributed by atoms with Gasteiger partial charge in [0.2, 0.25) is 5.91 Å². The number of H-pyrrole nitrogens is 1. The summed E-state index contributed by atoms with van der Waals surface area (Å²) in [6, 6.07) is 15.5. The molecular weight excluding hydrogens is 338 g/mol. The number of hydrogen-bond acceptors (Lipinski definition) is 3. The van der Waals surface area contributed by atoms with Gasteiger partial charge in [-0.25, -0.2) is 4.98 Å². The summed E-state index contributed by atoms with van der Waals surface area (Å²) >= 11 is 0. The predicted molar refractivity (Wildman–Crippen MR) is 107 cm³/mol. The molecule has 5 heteroatoms. The van der Waals surface area contributed by atoms with Crippen LogP contribution in [0.4, 0.5) is 0 Å². The second kappa shape index (κ2) is 9.12. The fourth-order valence-corrected chi connectivity index (χ4v) is 2.99. The van der Waals surface area contributed by atoms with E-state index in [4.69, 9.17) is 0 Å². The highest BCUT2D eigenvalue weighted by atomic mass is 16.2. The van der Waals surface area contributed by atoms with Gasteiger partial charge in [0.1, 0.15) is 5.82 Å². The van der Waals surface area contributed by atoms with Crippen LogP contribution in [-0.2, 0) is 17.6 Å². The van der Waals surface area contributed by atoms with Crippen molar-refractivity contribution in [1.82, 2.24) is 15.3 Å². The highest BCUT2D eigenvalue weighted by Gasteiger charge is 2.09. The lowest BCUT2D eigenvalue weighted by Crippen LogP contribution is -2.25. The number of hydrogen-bond donors (Lipinski definition) is 2. The molecule has 1 amide bonds. The van der Waals surface area contributed by atoms with Crippen molar-refractivity contribution in [2.75, 3.05) is 6.54 Å². The van der Waals surface area contributed by atoms with Crippen molar-refractivity contribution in [1.29, 1.82) is 0 Å². The molecule has 27 heavy (non-hydrogen) atoms. The zero-order valence-electron chi connectivity index (χ0n) is 15.6. The Balaban J connectivity index is 1.36. The molecule has 0 fully saturated rings. The minimum absolute atomic E-state index is 0.00933. The molecule has 140 valence electrons. The molecule has 0 bridgehead atoms. The van der Waals surface area contributed by atoms with Crippen LogP contribution >= 0.6 is 0 Å². The van der Waals surface area contributed by atoms with E-state index in [1.165, 1.54) is 5.56 Å². The summed E-state index contributed by atoms with van der Waals surface area (Å²) in [6.07, 6.45) is 2.99. The van der Waals surface area contributed by atoms with E-state index in [0.717, 1.165) is 36.1 Å². The maximum Gasteiger partial charge on any atom is 0.220 e. The Hall–Kier alpha value is -2.95. The van der Waals surface area contributed by atoms with E-state index >= 15 is 0 Å². The number of imidazole rings is 1. The number of rotatable bonds is 9. The van der Waals surface area contributed by atoms with E-state index in [2.05, 4.69) is 22.2 Å². The molecule has 0 atom stereocenters. The van der Waals surface area contributed by atoms with E-state index < -0.39 is 0 Å². The van der Waals surface area contributed by atoms with Crippen molar-refractivity contribution >= 4 is 22.7 Å². The van der Waals surface area contributed by atoms with Crippen LogP contribution in [0.3, 0.4) is 0 Å². The average molecular weight is 363 g/mol. The second-order valence-electron chi connectivity index (χ2n) is 6.63. The van der Waals surface area contributed by atoms with Crippen molar-refractivity contribution in [2.24, 2.45) is 0 Å². The summed E-state index contributed by atoms with van der Waals surface area (Å²) in [7, 11) is 0. The Morgan fingerprint density at radius 2 is 1.81 bits per heavy atom. The first-order valence-electron chi connectivity index (χ1n) is 9.48. The topological polar surface area (TPSA) is 74.8 Å². The molecule has 0 unspecified atom stereocenters. The number of Topliss-reactive ketones (excluding diaryl/α,β-unsaturated/α-hetero) is 1. The Morgan fingerprint density at radius 1 is 1.04 bits per heavy atom. The number of carbonyl (C=O) groups is 2. The number of amides is 1. The first-order valence-corrected chi connectivity index (χ1v) is 9.48. The molecule has 2 N–H and O–H groups in total. The van der Waals surface area contributed by atoms with Crippen LogP contribution in [0.25, 0.3) is 11.0 Å². The number of aromatic amines is 1. The van der Waals surface area contributed by atoms with Gasteiger partial charge in [0.15, 0.2) is 5.78 Å². The minimum atomic E-state index is -0.0851. The number of nitrogens with one attached hydrogen (secondary N) is 2. The van der Waals surface area contributed by atoms with E-state index in [1.54, 1.807) is 0 Å². The molecule has 1 heterocycles. The zero-order chi connectivity index (χ0) is 19.1. The largest absolute Gasteiger partial charge is 0.356 e. The van der Waals surface area contributed by atoms with Crippen LogP contribution in [-0.4, -0.2) is 28.2 Å². The molecule has 2 aromatic carbocycles. The summed E-state index contributed by atoms with van der Waals surface area (Å²) in [5.74, 6) is 0.851. The number of carbonyl (C=O) groups excluding carboxylic acids is 2. The summed E-state index contributed by atoms with van der Waals surface area (Å²) in [5.41, 5.74) is 3.86. The lowest BCUT2D eigenvalue weighted by Gasteiger charge is -2.05. The number of benzene rings is 2. The predicted octanol–water partition coefficient (Wildman–Crippen LogP) is 3.84. The standard InChI is InChI=1S/C22H25N3O2/c1-2-16-9-11-17(12-10-16)20(26)13-14-22(27)23-15-5-8-21-24-18-6-3-4-7-19(18)25-21/h3-4,6-7,9-12H,2,5,8,13-15H2,1H3,(H,23,27)(H,24,25). The summed E-state index contributed by atoms with van der Waals surface area (Å²) in [5, 5.41) is 2.88. The Morgan fingerprint density at radius 3 is 2.56 bits per heavy atom. The van der Waals surface area contributed by atoms with Crippen molar-refractivity contribution < 1.29 is 9.59 Å². The number of aryl methyl sites for hydroxylation is 2. The van der Waals surface area contributed by atoms with Crippen LogP contribution in [0.2, 0.25) is 0 Å². The molecule has 3 aromatic rings. The third-order valence-electron chi connectivity index (χ3n) is 4.61. The lowest BCUT2D eigenvalue weighted by molar-refractivity contribution is -0.121. The van der Waals surface area contributed by atoms with E-state index in [0.29, 0.717) is 12.1 Å². The molecule has 0 saturated heterocycles. The SMILES string of the molecule is CCc1ccc(C(=O)CCC(=O)NCCCc2nc3ccccc3[nH]2)cc1. The summed E-state index contributed by atoms with van der Waals surface area (Å²) < 4.78 is 0. The molecule has 0 spiro atoms. The maximum atomic E-state index is 12.2. The third kappa shape index (κ3) is 5.26. The zero-order valence-corrected chi connectivity index (χ0v) is 15.6. The van der Waals surface area contributed by atoms with Gasteiger partial charge in [0.05, 0.1) is 11.0 Å². The van der Waals surface area contributed by atoms with Crippen LogP contribution in [0, 0.1) is 0 Å². The van der Waals surface area contributed by atoms with Crippen molar-refractivity contribution in [2.45, 2.75) is 39.0 Å². The van der Waals surface area contributed by atoms with Crippen LogP contribution in [0.1, 0.15) is 47.9 Å². The molecule has 0 aliphatic carbocycles. The van der Waals surface area contributed by atoms with Gasteiger partial charge in [0.25, 0.3) is 0 Å². The van der Waals surface area contributed by atoms with Crippen molar-refractivity contribution in [3.63, 3.8) is 0 Å². The van der Waals surface area contributed by atoms with Gasteiger partial charge in [-0.15, -0.1) is 0 Å². The summed E-state index contributed by atoms with van der Waals surface area (Å²) in [6.45, 7) is 2.66. The van der Waals surface area contributed by atoms with Gasteiger partial charge in [-0.3, -0.25) is 9.59 Å². The van der Waals surface area contributed by atoms with Gasteiger partial charge in [-0.1, -0.05) is 43.3 Å². The van der Waals surface area contributed by atoms with Gasteiger partial charge in [-0.2, -0.15) is 0 Å².